The average Bonchev–Trinajstić information content (AvgIpc) is 3.71. The van der Waals surface area contributed by atoms with Crippen molar-refractivity contribution in [1.29, 1.82) is 0 Å². The van der Waals surface area contributed by atoms with Gasteiger partial charge in [-0.15, -0.1) is 0 Å². The largest absolute Gasteiger partial charge is 0.481 e. The third kappa shape index (κ3) is 15.4. The number of hydrogen-bond acceptors (Lipinski definition) is 10. The number of carboxylic acids is 1. The minimum absolute atomic E-state index is 0.0320. The molecule has 338 valence electrons. The Morgan fingerprint density at radius 2 is 1.44 bits per heavy atom. The van der Waals surface area contributed by atoms with Gasteiger partial charge < -0.3 is 40.6 Å². The minimum atomic E-state index is -0.966. The highest BCUT2D eigenvalue weighted by atomic mass is 35.5. The van der Waals surface area contributed by atoms with Gasteiger partial charge >= 0.3 is 5.97 Å². The Labute approximate surface area is 372 Å². The number of pyridine rings is 1. The van der Waals surface area contributed by atoms with Crippen LogP contribution in [0.4, 0.5) is 20.2 Å². The Hall–Kier alpha value is -5.45. The lowest BCUT2D eigenvalue weighted by Gasteiger charge is -2.24. The van der Waals surface area contributed by atoms with Crippen LogP contribution >= 0.6 is 11.6 Å². The predicted molar refractivity (Wildman–Crippen MR) is 242 cm³/mol. The molecule has 2 aliphatic heterocycles. The normalized spacial score (nSPS) is 15.8. The number of carboxylic acid groups (broad SMARTS) is 1. The third-order valence-corrected chi connectivity index (χ3v) is 10.5. The van der Waals surface area contributed by atoms with Crippen molar-refractivity contribution in [3.05, 3.63) is 124 Å². The topological polar surface area (TPSA) is 161 Å². The first-order chi connectivity index (χ1) is 30.6. The van der Waals surface area contributed by atoms with Gasteiger partial charge in [0.2, 0.25) is 5.88 Å². The van der Waals surface area contributed by atoms with Gasteiger partial charge in [-0.05, 0) is 53.9 Å². The van der Waals surface area contributed by atoms with Crippen LogP contribution in [-0.4, -0.2) is 84.8 Å². The summed E-state index contributed by atoms with van der Waals surface area (Å²) in [6.07, 6.45) is 8.68. The molecule has 2 atom stereocenters. The lowest BCUT2D eigenvalue weighted by molar-refractivity contribution is 0.0275. The van der Waals surface area contributed by atoms with Gasteiger partial charge in [0.05, 0.1) is 49.6 Å². The zero-order valence-electron chi connectivity index (χ0n) is 36.1. The second-order valence-corrected chi connectivity index (χ2v) is 15.4. The zero-order chi connectivity index (χ0) is 45.0. The van der Waals surface area contributed by atoms with Crippen LogP contribution < -0.4 is 26.0 Å². The Kier molecular flexibility index (Phi) is 19.7. The second kappa shape index (κ2) is 25.6. The van der Waals surface area contributed by atoms with Gasteiger partial charge in [0.1, 0.15) is 22.5 Å². The van der Waals surface area contributed by atoms with E-state index in [1.807, 2.05) is 42.5 Å². The van der Waals surface area contributed by atoms with Crippen LogP contribution in [0, 0.1) is 11.6 Å². The van der Waals surface area contributed by atoms with Gasteiger partial charge in [-0.1, -0.05) is 99.5 Å². The minimum Gasteiger partial charge on any atom is -0.481 e. The van der Waals surface area contributed by atoms with Crippen LogP contribution in [0.2, 0.25) is 5.15 Å². The van der Waals surface area contributed by atoms with E-state index in [0.717, 1.165) is 49.3 Å². The number of nitrogens with one attached hydrogen (secondary N) is 4. The maximum absolute atomic E-state index is 14.4. The Morgan fingerprint density at radius 3 is 1.98 bits per heavy atom. The summed E-state index contributed by atoms with van der Waals surface area (Å²) < 4.78 is 46.1. The van der Waals surface area contributed by atoms with E-state index in [1.54, 1.807) is 25.2 Å². The molecule has 1 amide bonds. The molecule has 0 bridgehead atoms. The Bertz CT molecular complexity index is 2200. The van der Waals surface area contributed by atoms with Gasteiger partial charge in [0, 0.05) is 57.0 Å². The number of halogens is 3. The summed E-state index contributed by atoms with van der Waals surface area (Å²) in [6.45, 7) is 7.37. The second-order valence-electron chi connectivity index (χ2n) is 15.0. The number of carbonyl (C=O) groups is 2. The summed E-state index contributed by atoms with van der Waals surface area (Å²) in [6, 6.07) is 23.9. The lowest BCUT2D eigenvalue weighted by Crippen LogP contribution is -2.33. The van der Waals surface area contributed by atoms with E-state index >= 15 is 0 Å². The quantitative estimate of drug-likeness (QED) is 0.0475. The molecule has 0 saturated carbocycles. The smallest absolute Gasteiger partial charge is 0.354 e. The molecule has 2 fully saturated rings. The first kappa shape index (κ1) is 48.6. The molecule has 5 N–H and O–H groups in total. The number of rotatable bonds is 16. The number of ether oxygens (including phenoxy) is 3. The SMILES string of the molecule is CCCCCCCCCNc1ccc([C@@H]2CNCCO2)cc1F.COc1cc(C(=O)Nc2ccc([C@@H]3CNCCO3)cc2F)cc(Cl)n1.Cn1nc(-c2ccccc2)cc1C(=O)O. The highest BCUT2D eigenvalue weighted by Crippen LogP contribution is 2.26. The molecule has 2 aliphatic rings. The monoisotopic (exact) mass is 889 g/mol. The average molecular weight is 890 g/mol. The molecule has 0 aliphatic carbocycles. The van der Waals surface area contributed by atoms with Crippen LogP contribution in [0.15, 0.2) is 84.9 Å². The van der Waals surface area contributed by atoms with Crippen molar-refractivity contribution < 1.29 is 37.7 Å². The molecule has 0 spiro atoms. The number of aryl methyl sites for hydroxylation is 1. The van der Waals surface area contributed by atoms with Gasteiger partial charge in [-0.3, -0.25) is 9.48 Å². The van der Waals surface area contributed by atoms with Gasteiger partial charge in [0.15, 0.2) is 0 Å². The van der Waals surface area contributed by atoms with Crippen LogP contribution in [0.1, 0.15) is 96.1 Å². The number of aromatic nitrogens is 3. The van der Waals surface area contributed by atoms with E-state index in [1.165, 1.54) is 74.6 Å². The lowest BCUT2D eigenvalue weighted by atomic mass is 10.1. The number of methoxy groups -OCH3 is 1. The number of nitrogens with zero attached hydrogens (tertiary/aromatic N) is 3. The summed E-state index contributed by atoms with van der Waals surface area (Å²) in [5, 5.41) is 25.3. The molecule has 16 heteroatoms. The molecular weight excluding hydrogens is 832 g/mol. The van der Waals surface area contributed by atoms with Crippen molar-refractivity contribution in [2.45, 2.75) is 64.1 Å². The van der Waals surface area contributed by atoms with Crippen LogP contribution in [0.25, 0.3) is 11.3 Å². The number of morpholine rings is 2. The third-order valence-electron chi connectivity index (χ3n) is 10.3. The summed E-state index contributed by atoms with van der Waals surface area (Å²) in [5.41, 5.74) is 4.31. The van der Waals surface area contributed by atoms with E-state index in [-0.39, 0.29) is 46.0 Å². The standard InChI is InChI=1S/C19H31FN2O.C17H17ClFN3O3.C11H10N2O2/c1-2-3-4-5-6-7-8-11-22-18-10-9-16(14-17(18)20)19-15-21-12-13-23-19;1-24-16-8-11(7-15(18)22-16)17(23)21-13-3-2-10(6-12(13)19)14-9-20-4-5-25-14;1-13-10(11(14)15)7-9(12-13)8-5-3-2-4-6-8/h9-10,14,19,21-22H,2-8,11-13,15H2,1H3;2-3,6-8,14,20H,4-5,9H2,1H3,(H,21,23);2-7H,1H3,(H,14,15)/t19-;14-;/m00./s1. The molecule has 13 nitrogen and oxygen atoms in total. The van der Waals surface area contributed by atoms with E-state index in [9.17, 15) is 18.4 Å². The number of hydrogen-bond donors (Lipinski definition) is 5. The van der Waals surface area contributed by atoms with Crippen LogP contribution in [-0.2, 0) is 16.5 Å². The molecule has 2 saturated heterocycles. The fourth-order valence-electron chi connectivity index (χ4n) is 6.89. The van der Waals surface area contributed by atoms with Crippen molar-refractivity contribution in [3.63, 3.8) is 0 Å². The van der Waals surface area contributed by atoms with E-state index in [4.69, 9.17) is 30.9 Å². The van der Waals surface area contributed by atoms with Crippen LogP contribution in [0.3, 0.4) is 0 Å². The summed E-state index contributed by atoms with van der Waals surface area (Å²) in [4.78, 5) is 27.0. The fraction of sp³-hybridized carbons (Fsp3) is 0.404. The number of carbonyl (C=O) groups excluding carboxylic acids is 1. The van der Waals surface area contributed by atoms with E-state index < -0.39 is 17.7 Å². The summed E-state index contributed by atoms with van der Waals surface area (Å²) in [7, 11) is 3.04. The number of anilines is 2. The number of amides is 1. The fourth-order valence-corrected chi connectivity index (χ4v) is 7.09. The maximum atomic E-state index is 14.4. The van der Waals surface area contributed by atoms with Crippen molar-refractivity contribution >= 4 is 34.9 Å². The summed E-state index contributed by atoms with van der Waals surface area (Å²) in [5.74, 6) is -1.99. The number of unbranched alkanes of at least 4 members (excludes halogenated alkanes) is 6. The van der Waals surface area contributed by atoms with Crippen LogP contribution in [0.5, 0.6) is 5.88 Å². The molecule has 63 heavy (non-hydrogen) atoms. The van der Waals surface area contributed by atoms with Gasteiger partial charge in [-0.25, -0.2) is 18.6 Å². The van der Waals surface area contributed by atoms with Gasteiger partial charge in [-0.2, -0.15) is 5.10 Å². The van der Waals surface area contributed by atoms with Crippen molar-refractivity contribution in [2.75, 3.05) is 63.7 Å². The van der Waals surface area contributed by atoms with Crippen molar-refractivity contribution in [1.82, 2.24) is 25.4 Å². The first-order valence-electron chi connectivity index (χ1n) is 21.4. The molecule has 0 unspecified atom stereocenters. The number of aromatic carboxylic acids is 1. The van der Waals surface area contributed by atoms with Gasteiger partial charge in [0.25, 0.3) is 5.91 Å². The summed E-state index contributed by atoms with van der Waals surface area (Å²) >= 11 is 5.85. The van der Waals surface area contributed by atoms with E-state index in [0.29, 0.717) is 31.1 Å². The molecule has 3 aromatic carbocycles. The Balaban J connectivity index is 0.000000184. The maximum Gasteiger partial charge on any atom is 0.354 e. The predicted octanol–water partition coefficient (Wildman–Crippen LogP) is 9.23. The Morgan fingerprint density at radius 1 is 0.841 bits per heavy atom. The molecule has 7 rings (SSSR count). The highest BCUT2D eigenvalue weighted by molar-refractivity contribution is 6.30. The van der Waals surface area contributed by atoms with Crippen molar-refractivity contribution in [3.8, 4) is 17.1 Å². The molecule has 4 heterocycles. The molecule has 0 radical (unpaired) electrons. The molecule has 5 aromatic rings. The number of benzene rings is 3. The van der Waals surface area contributed by atoms with E-state index in [2.05, 4.69) is 38.3 Å². The first-order valence-corrected chi connectivity index (χ1v) is 21.8. The molecular formula is C47H58ClF2N7O6. The van der Waals surface area contributed by atoms with Crippen molar-refractivity contribution in [2.24, 2.45) is 7.05 Å². The zero-order valence-corrected chi connectivity index (χ0v) is 36.9. The molecule has 2 aromatic heterocycles. The highest BCUT2D eigenvalue weighted by Gasteiger charge is 2.20.